The lowest BCUT2D eigenvalue weighted by Crippen LogP contribution is -2.80. The number of piperazine rings is 1. The molecule has 0 aromatic heterocycles. The molecule has 11 heteroatoms. The van der Waals surface area contributed by atoms with Crippen LogP contribution in [0.15, 0.2) is 12.7 Å². The third-order valence-electron chi connectivity index (χ3n) is 12.3. The Balaban J connectivity index is 1.39. The van der Waals surface area contributed by atoms with Gasteiger partial charge in [0.2, 0.25) is 5.91 Å². The van der Waals surface area contributed by atoms with Gasteiger partial charge in [0, 0.05) is 56.1 Å². The number of fused-ring (bicyclic) bond motifs is 5. The van der Waals surface area contributed by atoms with E-state index in [-0.39, 0.29) is 54.5 Å². The highest BCUT2D eigenvalue weighted by atomic mass is 19.1. The van der Waals surface area contributed by atoms with Crippen molar-refractivity contribution < 1.29 is 18.4 Å². The maximum absolute atomic E-state index is 16.7. The topological polar surface area (TPSA) is 83.2 Å². The number of rotatable bonds is 3. The van der Waals surface area contributed by atoms with Gasteiger partial charge < -0.3 is 25.3 Å². The van der Waals surface area contributed by atoms with E-state index >= 15 is 8.78 Å². The van der Waals surface area contributed by atoms with E-state index in [0.29, 0.717) is 37.9 Å². The van der Waals surface area contributed by atoms with E-state index in [1.165, 1.54) is 6.08 Å². The van der Waals surface area contributed by atoms with Crippen LogP contribution >= 0.6 is 0 Å². The number of carbonyl (C=O) groups is 2. The predicted molar refractivity (Wildman–Crippen MR) is 172 cm³/mol. The first-order chi connectivity index (χ1) is 21.6. The maximum Gasteiger partial charge on any atom is 0.320 e. The third-order valence-corrected chi connectivity index (χ3v) is 12.3. The smallest absolute Gasteiger partial charge is 0.320 e. The van der Waals surface area contributed by atoms with Gasteiger partial charge >= 0.3 is 6.03 Å². The highest BCUT2D eigenvalue weighted by Gasteiger charge is 2.57. The molecule has 6 rings (SSSR count). The summed E-state index contributed by atoms with van der Waals surface area (Å²) < 4.78 is 32.7. The summed E-state index contributed by atoms with van der Waals surface area (Å²) in [6.45, 7) is 14.4. The Morgan fingerprint density at radius 1 is 1.00 bits per heavy atom. The Labute approximate surface area is 268 Å². The zero-order chi connectivity index (χ0) is 32.0. The fourth-order valence-corrected chi connectivity index (χ4v) is 10.2. The highest BCUT2D eigenvalue weighted by Crippen LogP contribution is 2.44. The summed E-state index contributed by atoms with van der Waals surface area (Å²) in [5.41, 5.74) is 0. The zero-order valence-corrected chi connectivity index (χ0v) is 27.8. The van der Waals surface area contributed by atoms with Gasteiger partial charge in [0.15, 0.2) is 0 Å². The van der Waals surface area contributed by atoms with Gasteiger partial charge in [-0.05, 0) is 89.4 Å². The molecule has 6 fully saturated rings. The Hall–Kier alpha value is -1.82. The summed E-state index contributed by atoms with van der Waals surface area (Å²) in [5.74, 6) is -0.0235. The molecule has 5 heterocycles. The van der Waals surface area contributed by atoms with Crippen LogP contribution in [0.3, 0.4) is 0 Å². The van der Waals surface area contributed by atoms with E-state index in [0.717, 1.165) is 51.7 Å². The molecule has 3 amide bonds. The Morgan fingerprint density at radius 2 is 1.78 bits per heavy atom. The summed E-state index contributed by atoms with van der Waals surface area (Å²) in [4.78, 5) is 35.4. The van der Waals surface area contributed by atoms with Crippen LogP contribution in [-0.4, -0.2) is 127 Å². The second-order valence-electron chi connectivity index (χ2n) is 15.4. The fourth-order valence-electron chi connectivity index (χ4n) is 10.2. The van der Waals surface area contributed by atoms with Crippen molar-refractivity contribution in [1.82, 2.24) is 35.6 Å². The SMILES string of the molecule is C=CC(=O)N1CCN(C2NC(=O)N3C4NC(C(F)CC42)C2C(F)CCCC2CN(C)CCCC2CCNC(C(C)C)C23)[C@@H](C)C1. The normalized spacial score (nSPS) is 43.7. The zero-order valence-electron chi connectivity index (χ0n) is 27.8. The monoisotopic (exact) mass is 633 g/mol. The fraction of sp³-hybridized carbons (Fsp3) is 0.882. The Kier molecular flexibility index (Phi) is 10.1. The first kappa shape index (κ1) is 33.1. The summed E-state index contributed by atoms with van der Waals surface area (Å²) in [5, 5.41) is 10.9. The number of amides is 3. The number of nitrogens with one attached hydrogen (secondary N) is 3. The van der Waals surface area contributed by atoms with E-state index in [1.54, 1.807) is 4.90 Å². The molecular formula is C34H57F2N7O2. The third kappa shape index (κ3) is 6.40. The molecular weight excluding hydrogens is 576 g/mol. The molecule has 0 aromatic rings. The number of hydrogen-bond donors (Lipinski definition) is 3. The van der Waals surface area contributed by atoms with E-state index in [2.05, 4.69) is 65.0 Å². The first-order valence-electron chi connectivity index (χ1n) is 17.8. The number of piperidine rings is 2. The lowest BCUT2D eigenvalue weighted by Gasteiger charge is -2.60. The van der Waals surface area contributed by atoms with E-state index < -0.39 is 30.5 Å². The molecule has 1 aliphatic carbocycles. The number of nitrogens with zero attached hydrogens (tertiary/aromatic N) is 4. The van der Waals surface area contributed by atoms with E-state index in [1.807, 2.05) is 0 Å². The van der Waals surface area contributed by atoms with Crippen LogP contribution < -0.4 is 16.0 Å². The molecule has 12 atom stereocenters. The number of urea groups is 1. The molecule has 0 spiro atoms. The molecule has 6 aliphatic rings. The summed E-state index contributed by atoms with van der Waals surface area (Å²) in [7, 11) is 2.14. The van der Waals surface area contributed by atoms with Crippen molar-refractivity contribution in [3.8, 4) is 0 Å². The van der Waals surface area contributed by atoms with Crippen molar-refractivity contribution in [1.29, 1.82) is 0 Å². The van der Waals surface area contributed by atoms with Crippen LogP contribution in [0, 0.1) is 29.6 Å². The van der Waals surface area contributed by atoms with Crippen molar-refractivity contribution in [3.05, 3.63) is 12.7 Å². The van der Waals surface area contributed by atoms with Crippen molar-refractivity contribution in [2.45, 2.75) is 115 Å². The number of halogens is 2. The molecule has 45 heavy (non-hydrogen) atoms. The minimum absolute atomic E-state index is 0.0222. The predicted octanol–water partition coefficient (Wildman–Crippen LogP) is 3.18. The van der Waals surface area contributed by atoms with Crippen molar-refractivity contribution >= 4 is 11.9 Å². The molecule has 3 N–H and O–H groups in total. The lowest BCUT2D eigenvalue weighted by molar-refractivity contribution is -0.132. The average Bonchev–Trinajstić information content (AvgIpc) is 3.01. The summed E-state index contributed by atoms with van der Waals surface area (Å²) in [6, 6.07) is -0.713. The number of hydrogen-bond acceptors (Lipinski definition) is 6. The van der Waals surface area contributed by atoms with Crippen molar-refractivity contribution in [3.63, 3.8) is 0 Å². The quantitative estimate of drug-likeness (QED) is 0.415. The van der Waals surface area contributed by atoms with Crippen molar-refractivity contribution in [2.75, 3.05) is 46.3 Å². The lowest BCUT2D eigenvalue weighted by atomic mass is 9.69. The van der Waals surface area contributed by atoms with Gasteiger partial charge in [0.05, 0.1) is 18.4 Å². The summed E-state index contributed by atoms with van der Waals surface area (Å²) >= 11 is 0. The second-order valence-corrected chi connectivity index (χ2v) is 15.4. The molecule has 5 aliphatic heterocycles. The van der Waals surface area contributed by atoms with Gasteiger partial charge in [-0.3, -0.25) is 15.0 Å². The van der Waals surface area contributed by atoms with Gasteiger partial charge in [-0.15, -0.1) is 0 Å². The van der Waals surface area contributed by atoms with Crippen LogP contribution in [0.2, 0.25) is 0 Å². The van der Waals surface area contributed by atoms with Crippen LogP contribution in [0.25, 0.3) is 0 Å². The van der Waals surface area contributed by atoms with Crippen LogP contribution in [0.1, 0.15) is 65.7 Å². The molecule has 0 aromatic carbocycles. The summed E-state index contributed by atoms with van der Waals surface area (Å²) in [6.07, 6.45) is 3.84. The minimum atomic E-state index is -1.22. The van der Waals surface area contributed by atoms with E-state index in [9.17, 15) is 9.59 Å². The molecule has 1 saturated carbocycles. The Morgan fingerprint density at radius 3 is 2.51 bits per heavy atom. The molecule has 11 unspecified atom stereocenters. The van der Waals surface area contributed by atoms with Crippen LogP contribution in [-0.2, 0) is 4.79 Å². The van der Waals surface area contributed by atoms with Gasteiger partial charge in [0.25, 0.3) is 0 Å². The maximum atomic E-state index is 16.7. The van der Waals surface area contributed by atoms with Crippen LogP contribution in [0.4, 0.5) is 13.6 Å². The molecule has 5 saturated heterocycles. The molecule has 0 radical (unpaired) electrons. The molecule has 2 bridgehead atoms. The van der Waals surface area contributed by atoms with Gasteiger partial charge in [-0.2, -0.15) is 0 Å². The molecule has 254 valence electrons. The minimum Gasteiger partial charge on any atom is -0.336 e. The van der Waals surface area contributed by atoms with E-state index in [4.69, 9.17) is 0 Å². The standard InChI is InChI=1S/C34H57F2N7O2/c1-6-27(44)41-15-16-42(21(4)18-41)32-24-17-26(36)30-28-23(9-7-11-25(28)35)19-40(5)14-8-10-22-12-13-37-29(20(2)3)31(22)43(33(24)38-30)34(45)39-32/h6,20-26,28-33,37-38H,1,7-19H2,2-5H3,(H,39,45)/t21-,22?,23?,24?,25?,26?,28?,29?,30?,31?,32?,33?/m0/s1. The number of carbonyl (C=O) groups excluding carboxylic acids is 2. The van der Waals surface area contributed by atoms with Crippen LogP contribution in [0.5, 0.6) is 0 Å². The highest BCUT2D eigenvalue weighted by molar-refractivity contribution is 5.87. The second kappa shape index (κ2) is 13.7. The van der Waals surface area contributed by atoms with Crippen molar-refractivity contribution in [2.24, 2.45) is 29.6 Å². The van der Waals surface area contributed by atoms with Gasteiger partial charge in [-0.25, -0.2) is 13.6 Å². The Bertz CT molecular complexity index is 1080. The molecule has 9 nitrogen and oxygen atoms in total. The largest absolute Gasteiger partial charge is 0.336 e. The first-order valence-corrected chi connectivity index (χ1v) is 17.8. The number of alkyl halides is 2. The average molecular weight is 634 g/mol. The van der Waals surface area contributed by atoms with Gasteiger partial charge in [-0.1, -0.05) is 26.8 Å². The van der Waals surface area contributed by atoms with Gasteiger partial charge in [0.1, 0.15) is 12.3 Å².